The molecule has 0 radical (unpaired) electrons. The van der Waals surface area contributed by atoms with Crippen molar-refractivity contribution in [2.24, 2.45) is 0 Å². The summed E-state index contributed by atoms with van der Waals surface area (Å²) >= 11 is 0. The lowest BCUT2D eigenvalue weighted by Gasteiger charge is -2.22. The normalized spacial score (nSPS) is 12.5. The molecule has 0 saturated carbocycles. The number of nitrogens with one attached hydrogen (secondary N) is 2. The number of hydrogen-bond donors (Lipinski definition) is 2. The van der Waals surface area contributed by atoms with E-state index in [0.29, 0.717) is 27.8 Å². The first kappa shape index (κ1) is 24.4. The molecule has 0 fully saturated rings. The number of hydrogen-bond acceptors (Lipinski definition) is 5. The topological polar surface area (TPSA) is 88.3 Å². The molecule has 4 rings (SSSR count). The minimum Gasteiger partial charge on any atom is -0.497 e. The van der Waals surface area contributed by atoms with Crippen molar-refractivity contribution >= 4 is 32.2 Å². The van der Waals surface area contributed by atoms with E-state index in [1.807, 2.05) is 0 Å². The number of rotatable bonds is 7. The Morgan fingerprint density at radius 1 is 1.06 bits per heavy atom. The minimum atomic E-state index is -3.58. The third-order valence-corrected chi connectivity index (χ3v) is 6.90. The molecule has 1 unspecified atom stereocenters. The summed E-state index contributed by atoms with van der Waals surface area (Å²) in [6.45, 7) is 3.40. The molecule has 0 amide bonds. The molecule has 6 nitrogen and oxygen atoms in total. The number of sulfone groups is 1. The number of carbonyl (C=O) groups excluding carboxylic acids is 1. The number of aromatic nitrogens is 1. The minimum absolute atomic E-state index is 0.00571. The number of aromatic amines is 1. The zero-order valence-electron chi connectivity index (χ0n) is 19.6. The van der Waals surface area contributed by atoms with Crippen molar-refractivity contribution in [3.8, 4) is 5.75 Å². The lowest BCUT2D eigenvalue weighted by Crippen LogP contribution is -2.22. The molecule has 0 aliphatic carbocycles. The van der Waals surface area contributed by atoms with Crippen LogP contribution in [-0.4, -0.2) is 32.6 Å². The van der Waals surface area contributed by atoms with Gasteiger partial charge >= 0.3 is 0 Å². The predicted octanol–water partition coefficient (Wildman–Crippen LogP) is 5.51. The lowest BCUT2D eigenvalue weighted by atomic mass is 9.93. The van der Waals surface area contributed by atoms with Crippen molar-refractivity contribution in [2.75, 3.05) is 18.7 Å². The average Bonchev–Trinajstić information content (AvgIpc) is 3.21. The van der Waals surface area contributed by atoms with Crippen LogP contribution >= 0.6 is 0 Å². The smallest absolute Gasteiger partial charge is 0.191 e. The Kier molecular flexibility index (Phi) is 6.38. The van der Waals surface area contributed by atoms with Crippen molar-refractivity contribution < 1.29 is 26.7 Å². The Morgan fingerprint density at radius 3 is 2.46 bits per heavy atom. The standard InChI is InChI=1S/C26H24F2N2O4S/c1-14-7-21-22(13-29-24(21)23(28)8-14)26(31)25(20-6-5-16(27)9-15(20)2)30-17-10-18(34-3)12-19(11-17)35(4,32)33/h5-13,25,29-30H,1-4H3. The molecular formula is C26H24F2N2O4S. The van der Waals surface area contributed by atoms with Gasteiger partial charge in [0.2, 0.25) is 0 Å². The number of fused-ring (bicyclic) bond motifs is 1. The second kappa shape index (κ2) is 9.14. The summed E-state index contributed by atoms with van der Waals surface area (Å²) < 4.78 is 58.0. The van der Waals surface area contributed by atoms with Crippen LogP contribution in [-0.2, 0) is 9.84 Å². The van der Waals surface area contributed by atoms with Crippen LogP contribution in [0.3, 0.4) is 0 Å². The number of Topliss-reactive ketones (excluding diaryl/α,β-unsaturated/α-hetero) is 1. The van der Waals surface area contributed by atoms with E-state index >= 15 is 0 Å². The van der Waals surface area contributed by atoms with E-state index < -0.39 is 33.3 Å². The molecule has 0 spiro atoms. The molecule has 182 valence electrons. The number of ether oxygens (including phenoxy) is 1. The Hall–Kier alpha value is -3.72. The summed E-state index contributed by atoms with van der Waals surface area (Å²) in [7, 11) is -2.17. The van der Waals surface area contributed by atoms with Crippen LogP contribution in [0.1, 0.15) is 33.1 Å². The van der Waals surface area contributed by atoms with Gasteiger partial charge in [0.1, 0.15) is 23.4 Å². The van der Waals surface area contributed by atoms with E-state index in [4.69, 9.17) is 4.74 Å². The largest absolute Gasteiger partial charge is 0.497 e. The Balaban J connectivity index is 1.87. The van der Waals surface area contributed by atoms with Gasteiger partial charge in [0.25, 0.3) is 0 Å². The Bertz CT molecular complexity index is 1560. The van der Waals surface area contributed by atoms with Crippen LogP contribution in [0.4, 0.5) is 14.5 Å². The molecule has 1 aromatic heterocycles. The van der Waals surface area contributed by atoms with Crippen LogP contribution in [0, 0.1) is 25.5 Å². The number of ketones is 1. The van der Waals surface area contributed by atoms with Gasteiger partial charge in [-0.05, 0) is 66.9 Å². The molecule has 0 aliphatic rings. The monoisotopic (exact) mass is 498 g/mol. The fourth-order valence-corrected chi connectivity index (χ4v) is 4.76. The average molecular weight is 499 g/mol. The zero-order chi connectivity index (χ0) is 25.5. The molecular weight excluding hydrogens is 474 g/mol. The molecule has 0 saturated heterocycles. The maximum Gasteiger partial charge on any atom is 0.191 e. The highest BCUT2D eigenvalue weighted by Crippen LogP contribution is 2.33. The first-order valence-corrected chi connectivity index (χ1v) is 12.6. The van der Waals surface area contributed by atoms with E-state index in [0.717, 1.165) is 6.26 Å². The molecule has 0 aliphatic heterocycles. The van der Waals surface area contributed by atoms with Crippen LogP contribution in [0.15, 0.2) is 59.6 Å². The van der Waals surface area contributed by atoms with E-state index in [1.54, 1.807) is 26.0 Å². The van der Waals surface area contributed by atoms with E-state index in [2.05, 4.69) is 10.3 Å². The highest BCUT2D eigenvalue weighted by Gasteiger charge is 2.27. The summed E-state index contributed by atoms with van der Waals surface area (Å²) in [6, 6.07) is 10.5. The Labute approximate surface area is 201 Å². The quantitative estimate of drug-likeness (QED) is 0.328. The van der Waals surface area contributed by atoms with Crippen molar-refractivity contribution in [2.45, 2.75) is 24.8 Å². The van der Waals surface area contributed by atoms with Gasteiger partial charge in [-0.2, -0.15) is 0 Å². The number of anilines is 1. The number of H-pyrrole nitrogens is 1. The fraction of sp³-hybridized carbons (Fsp3) is 0.192. The predicted molar refractivity (Wildman–Crippen MR) is 131 cm³/mol. The third-order valence-electron chi connectivity index (χ3n) is 5.81. The van der Waals surface area contributed by atoms with Crippen molar-refractivity contribution in [3.63, 3.8) is 0 Å². The van der Waals surface area contributed by atoms with Gasteiger partial charge in [0.15, 0.2) is 15.6 Å². The summed E-state index contributed by atoms with van der Waals surface area (Å²) in [4.78, 5) is 16.7. The summed E-state index contributed by atoms with van der Waals surface area (Å²) in [5.74, 6) is -1.06. The SMILES string of the molecule is COc1cc(NC(C(=O)c2c[nH]c3c(F)cc(C)cc23)c2ccc(F)cc2C)cc(S(C)(=O)=O)c1. The second-order valence-corrected chi connectivity index (χ2v) is 10.5. The summed E-state index contributed by atoms with van der Waals surface area (Å²) in [6.07, 6.45) is 2.51. The van der Waals surface area contributed by atoms with Crippen LogP contribution in [0.5, 0.6) is 5.75 Å². The maximum absolute atomic E-state index is 14.5. The number of benzene rings is 3. The lowest BCUT2D eigenvalue weighted by molar-refractivity contribution is 0.0971. The van der Waals surface area contributed by atoms with Crippen LogP contribution < -0.4 is 10.1 Å². The first-order valence-electron chi connectivity index (χ1n) is 10.7. The van der Waals surface area contributed by atoms with Gasteiger partial charge in [-0.3, -0.25) is 4.79 Å². The number of methoxy groups -OCH3 is 1. The molecule has 3 aromatic carbocycles. The van der Waals surface area contributed by atoms with Gasteiger partial charge in [-0.25, -0.2) is 17.2 Å². The highest BCUT2D eigenvalue weighted by molar-refractivity contribution is 7.90. The second-order valence-electron chi connectivity index (χ2n) is 8.48. The van der Waals surface area contributed by atoms with Crippen molar-refractivity contribution in [1.82, 2.24) is 4.98 Å². The van der Waals surface area contributed by atoms with Gasteiger partial charge in [-0.15, -0.1) is 0 Å². The summed E-state index contributed by atoms with van der Waals surface area (Å²) in [5, 5.41) is 3.52. The maximum atomic E-state index is 14.5. The first-order chi connectivity index (χ1) is 16.5. The third kappa shape index (κ3) is 4.90. The molecule has 0 bridgehead atoms. The molecule has 1 heterocycles. The summed E-state index contributed by atoms with van der Waals surface area (Å²) in [5.41, 5.74) is 2.42. The zero-order valence-corrected chi connectivity index (χ0v) is 20.4. The van der Waals surface area contributed by atoms with E-state index in [9.17, 15) is 22.0 Å². The van der Waals surface area contributed by atoms with E-state index in [-0.39, 0.29) is 21.7 Å². The fourth-order valence-electron chi connectivity index (χ4n) is 4.08. The number of halogens is 2. The number of carbonyl (C=O) groups is 1. The van der Waals surface area contributed by atoms with E-state index in [1.165, 1.54) is 49.7 Å². The van der Waals surface area contributed by atoms with Crippen LogP contribution in [0.25, 0.3) is 10.9 Å². The number of aryl methyl sites for hydroxylation is 2. The van der Waals surface area contributed by atoms with Gasteiger partial charge < -0.3 is 15.0 Å². The van der Waals surface area contributed by atoms with Gasteiger partial charge in [-0.1, -0.05) is 6.07 Å². The molecule has 4 aromatic rings. The van der Waals surface area contributed by atoms with Gasteiger partial charge in [0.05, 0.1) is 17.5 Å². The van der Waals surface area contributed by atoms with Crippen molar-refractivity contribution in [1.29, 1.82) is 0 Å². The molecule has 9 heteroatoms. The van der Waals surface area contributed by atoms with Gasteiger partial charge in [0, 0.05) is 35.2 Å². The van der Waals surface area contributed by atoms with Crippen molar-refractivity contribution in [3.05, 3.63) is 88.6 Å². The van der Waals surface area contributed by atoms with Crippen LogP contribution in [0.2, 0.25) is 0 Å². The molecule has 35 heavy (non-hydrogen) atoms. The Morgan fingerprint density at radius 2 is 1.80 bits per heavy atom. The highest BCUT2D eigenvalue weighted by atomic mass is 32.2. The molecule has 1 atom stereocenters. The molecule has 2 N–H and O–H groups in total.